The fourth-order valence-corrected chi connectivity index (χ4v) is 2.27. The van der Waals surface area contributed by atoms with Crippen LogP contribution in [-0.4, -0.2) is 32.9 Å². The molecule has 22 heavy (non-hydrogen) atoms. The van der Waals surface area contributed by atoms with Crippen LogP contribution in [0.15, 0.2) is 30.6 Å². The predicted molar refractivity (Wildman–Crippen MR) is 82.9 cm³/mol. The summed E-state index contributed by atoms with van der Waals surface area (Å²) in [5, 5.41) is 11.4. The highest BCUT2D eigenvalue weighted by Crippen LogP contribution is 2.06. The Morgan fingerprint density at radius 3 is 2.68 bits per heavy atom. The summed E-state index contributed by atoms with van der Waals surface area (Å²) >= 11 is 0. The van der Waals surface area contributed by atoms with Crippen molar-refractivity contribution in [2.24, 2.45) is 0 Å². The molecule has 0 aromatic carbocycles. The minimum Gasteiger partial charge on any atom is -0.481 e. The maximum atomic E-state index is 12.0. The van der Waals surface area contributed by atoms with E-state index in [0.29, 0.717) is 12.2 Å². The van der Waals surface area contributed by atoms with Crippen molar-refractivity contribution in [3.05, 3.63) is 36.3 Å². The van der Waals surface area contributed by atoms with Gasteiger partial charge in [0.05, 0.1) is 0 Å². The van der Waals surface area contributed by atoms with Crippen molar-refractivity contribution in [1.82, 2.24) is 14.7 Å². The average Bonchev–Trinajstić information content (AvgIpc) is 2.93. The molecule has 0 unspecified atom stereocenters. The van der Waals surface area contributed by atoms with Crippen LogP contribution < -0.4 is 5.32 Å². The third-order valence-corrected chi connectivity index (χ3v) is 3.45. The van der Waals surface area contributed by atoms with Gasteiger partial charge in [0.25, 0.3) is 5.91 Å². The molecule has 6 nitrogen and oxygen atoms in total. The molecule has 0 aliphatic carbocycles. The van der Waals surface area contributed by atoms with Crippen LogP contribution >= 0.6 is 0 Å². The Morgan fingerprint density at radius 2 is 1.91 bits per heavy atom. The monoisotopic (exact) mass is 303 g/mol. The first-order valence-corrected chi connectivity index (χ1v) is 7.60. The summed E-state index contributed by atoms with van der Waals surface area (Å²) in [6.07, 6.45) is 8.35. The quantitative estimate of drug-likeness (QED) is 0.697. The maximum absolute atomic E-state index is 12.0. The SMILES string of the molecule is O=C(O)CCCCCCCNC(=O)c1cn2ccccc2n1. The molecule has 0 saturated heterocycles. The van der Waals surface area contributed by atoms with E-state index in [-0.39, 0.29) is 12.3 Å². The van der Waals surface area contributed by atoms with Crippen molar-refractivity contribution in [2.75, 3.05) is 6.54 Å². The smallest absolute Gasteiger partial charge is 0.303 e. The van der Waals surface area contributed by atoms with E-state index in [0.717, 1.165) is 37.8 Å². The number of hydrogen-bond acceptors (Lipinski definition) is 3. The zero-order chi connectivity index (χ0) is 15.8. The Morgan fingerprint density at radius 1 is 1.14 bits per heavy atom. The van der Waals surface area contributed by atoms with Crippen LogP contribution in [0.1, 0.15) is 49.0 Å². The van der Waals surface area contributed by atoms with E-state index in [1.165, 1.54) is 0 Å². The molecule has 2 aromatic heterocycles. The molecule has 0 saturated carbocycles. The molecule has 0 bridgehead atoms. The van der Waals surface area contributed by atoms with Crippen LogP contribution in [0.4, 0.5) is 0 Å². The molecule has 1 amide bonds. The number of fused-ring (bicyclic) bond motifs is 1. The second-order valence-electron chi connectivity index (χ2n) is 5.26. The number of nitrogens with zero attached hydrogens (tertiary/aromatic N) is 2. The number of pyridine rings is 1. The fourth-order valence-electron chi connectivity index (χ4n) is 2.27. The molecule has 0 radical (unpaired) electrons. The van der Waals surface area contributed by atoms with Crippen molar-refractivity contribution in [3.8, 4) is 0 Å². The Hall–Kier alpha value is -2.37. The average molecular weight is 303 g/mol. The number of imidazole rings is 1. The summed E-state index contributed by atoms with van der Waals surface area (Å²) in [7, 11) is 0. The molecule has 6 heteroatoms. The van der Waals surface area contributed by atoms with Crippen LogP contribution in [0.3, 0.4) is 0 Å². The molecule has 0 fully saturated rings. The Labute approximate surface area is 129 Å². The van der Waals surface area contributed by atoms with Gasteiger partial charge < -0.3 is 14.8 Å². The Kier molecular flexibility index (Phi) is 5.94. The summed E-state index contributed by atoms with van der Waals surface area (Å²) in [5.41, 5.74) is 1.18. The maximum Gasteiger partial charge on any atom is 0.303 e. The van der Waals surface area contributed by atoms with E-state index in [1.807, 2.05) is 28.8 Å². The molecule has 0 atom stereocenters. The number of hydrogen-bond donors (Lipinski definition) is 2. The number of carboxylic acids is 1. The van der Waals surface area contributed by atoms with Gasteiger partial charge in [-0.25, -0.2) is 4.98 Å². The third-order valence-electron chi connectivity index (χ3n) is 3.45. The number of unbranched alkanes of at least 4 members (excludes halogenated alkanes) is 4. The standard InChI is InChI=1S/C16H21N3O3/c20-15(21)9-4-2-1-3-6-10-17-16(22)13-12-19-11-7-5-8-14(19)18-13/h5,7-8,11-12H,1-4,6,9-10H2,(H,17,22)(H,20,21). The van der Waals surface area contributed by atoms with E-state index in [4.69, 9.17) is 5.11 Å². The number of aliphatic carboxylic acids is 1. The lowest BCUT2D eigenvalue weighted by Crippen LogP contribution is -2.24. The normalized spacial score (nSPS) is 10.7. The number of nitrogens with one attached hydrogen (secondary N) is 1. The zero-order valence-electron chi connectivity index (χ0n) is 12.5. The number of amides is 1. The highest BCUT2D eigenvalue weighted by molar-refractivity contribution is 5.92. The number of rotatable bonds is 9. The molecular weight excluding hydrogens is 282 g/mol. The number of carbonyl (C=O) groups is 2. The van der Waals surface area contributed by atoms with Gasteiger partial charge in [-0.05, 0) is 25.0 Å². The van der Waals surface area contributed by atoms with Crippen LogP contribution in [0.5, 0.6) is 0 Å². The lowest BCUT2D eigenvalue weighted by atomic mass is 10.1. The van der Waals surface area contributed by atoms with Crippen molar-refractivity contribution in [3.63, 3.8) is 0 Å². The number of aromatic nitrogens is 2. The summed E-state index contributed by atoms with van der Waals surface area (Å²) < 4.78 is 1.82. The number of carboxylic acid groups (broad SMARTS) is 1. The second-order valence-corrected chi connectivity index (χ2v) is 5.26. The zero-order valence-corrected chi connectivity index (χ0v) is 12.5. The molecular formula is C16H21N3O3. The summed E-state index contributed by atoms with van der Waals surface area (Å²) in [6, 6.07) is 5.63. The van der Waals surface area contributed by atoms with Gasteiger partial charge in [0, 0.05) is 25.4 Å². The van der Waals surface area contributed by atoms with E-state index in [9.17, 15) is 9.59 Å². The predicted octanol–water partition coefficient (Wildman–Crippen LogP) is 2.49. The Bertz CT molecular complexity index is 603. The van der Waals surface area contributed by atoms with Gasteiger partial charge in [-0.2, -0.15) is 0 Å². The molecule has 0 aliphatic heterocycles. The molecule has 0 aliphatic rings. The molecule has 2 aromatic rings. The summed E-state index contributed by atoms with van der Waals surface area (Å²) in [4.78, 5) is 26.6. The van der Waals surface area contributed by atoms with Crippen molar-refractivity contribution < 1.29 is 14.7 Å². The van der Waals surface area contributed by atoms with Gasteiger partial charge in [-0.15, -0.1) is 0 Å². The van der Waals surface area contributed by atoms with Crippen molar-refractivity contribution >= 4 is 17.5 Å². The van der Waals surface area contributed by atoms with Crippen molar-refractivity contribution in [2.45, 2.75) is 38.5 Å². The summed E-state index contributed by atoms with van der Waals surface area (Å²) in [6.45, 7) is 0.617. The highest BCUT2D eigenvalue weighted by Gasteiger charge is 2.09. The summed E-state index contributed by atoms with van der Waals surface area (Å²) in [5.74, 6) is -0.894. The lowest BCUT2D eigenvalue weighted by Gasteiger charge is -2.03. The van der Waals surface area contributed by atoms with E-state index >= 15 is 0 Å². The fraction of sp³-hybridized carbons (Fsp3) is 0.438. The number of carbonyl (C=O) groups excluding carboxylic acids is 1. The largest absolute Gasteiger partial charge is 0.481 e. The highest BCUT2D eigenvalue weighted by atomic mass is 16.4. The van der Waals surface area contributed by atoms with E-state index in [2.05, 4.69) is 10.3 Å². The van der Waals surface area contributed by atoms with Gasteiger partial charge >= 0.3 is 5.97 Å². The molecule has 0 spiro atoms. The minimum absolute atomic E-state index is 0.158. The van der Waals surface area contributed by atoms with Gasteiger partial charge in [0.1, 0.15) is 11.3 Å². The van der Waals surface area contributed by atoms with Crippen LogP contribution in [0, 0.1) is 0 Å². The van der Waals surface area contributed by atoms with E-state index < -0.39 is 5.97 Å². The minimum atomic E-state index is -0.736. The second kappa shape index (κ2) is 8.17. The molecule has 2 rings (SSSR count). The van der Waals surface area contributed by atoms with Gasteiger partial charge in [0.15, 0.2) is 0 Å². The first kappa shape index (κ1) is 16.0. The van der Waals surface area contributed by atoms with Crippen LogP contribution in [-0.2, 0) is 4.79 Å². The molecule has 2 N–H and O–H groups in total. The van der Waals surface area contributed by atoms with E-state index in [1.54, 1.807) is 6.20 Å². The van der Waals surface area contributed by atoms with Crippen LogP contribution in [0.25, 0.3) is 5.65 Å². The Balaban J connectivity index is 1.62. The van der Waals surface area contributed by atoms with Gasteiger partial charge in [-0.3, -0.25) is 9.59 Å². The first-order chi connectivity index (χ1) is 10.7. The van der Waals surface area contributed by atoms with Crippen LogP contribution in [0.2, 0.25) is 0 Å². The third kappa shape index (κ3) is 4.87. The molecule has 2 heterocycles. The topological polar surface area (TPSA) is 83.7 Å². The van der Waals surface area contributed by atoms with Crippen molar-refractivity contribution in [1.29, 1.82) is 0 Å². The van der Waals surface area contributed by atoms with Gasteiger partial charge in [0.2, 0.25) is 0 Å². The lowest BCUT2D eigenvalue weighted by molar-refractivity contribution is -0.137. The first-order valence-electron chi connectivity index (χ1n) is 7.60. The molecule has 118 valence electrons. The van der Waals surface area contributed by atoms with Gasteiger partial charge in [-0.1, -0.05) is 25.3 Å².